The largest absolute Gasteiger partial charge is 0.495 e. The molecule has 7 nitrogen and oxygen atoms in total. The number of carbonyl (C=O) groups is 1. The van der Waals surface area contributed by atoms with Crippen molar-refractivity contribution in [2.75, 3.05) is 12.4 Å². The molecule has 0 bridgehead atoms. The molecule has 1 N–H and O–H groups in total. The Balaban J connectivity index is 1.71. The molecule has 1 amide bonds. The zero-order valence-electron chi connectivity index (χ0n) is 14.7. The number of hydrogen-bond donors (Lipinski definition) is 1. The molecule has 3 rings (SSSR count). The Hall–Kier alpha value is -2.87. The standard InChI is InChI=1S/C18H19N5O2S/c1-12(17(24)20-14-6-4-5-7-15(14)25-3)26-18-22-21-16(23(18)2)13-8-10-19-11-9-13/h4-12H,1-3H3,(H,20,24). The molecular formula is C18H19N5O2S. The number of ether oxygens (including phenoxy) is 1. The summed E-state index contributed by atoms with van der Waals surface area (Å²) >= 11 is 1.35. The van der Waals surface area contributed by atoms with Crippen LogP contribution in [-0.2, 0) is 11.8 Å². The van der Waals surface area contributed by atoms with Crippen LogP contribution < -0.4 is 10.1 Å². The Morgan fingerprint density at radius 1 is 1.19 bits per heavy atom. The highest BCUT2D eigenvalue weighted by atomic mass is 32.2. The molecule has 1 atom stereocenters. The van der Waals surface area contributed by atoms with Crippen molar-refractivity contribution in [3.8, 4) is 17.1 Å². The number of anilines is 1. The normalized spacial score (nSPS) is 11.8. The molecule has 0 radical (unpaired) electrons. The SMILES string of the molecule is COc1ccccc1NC(=O)C(C)Sc1nnc(-c2ccncc2)n1C. The third-order valence-electron chi connectivity index (χ3n) is 3.79. The molecular weight excluding hydrogens is 350 g/mol. The van der Waals surface area contributed by atoms with E-state index >= 15 is 0 Å². The fraction of sp³-hybridized carbons (Fsp3) is 0.222. The van der Waals surface area contributed by atoms with Crippen molar-refractivity contribution in [2.24, 2.45) is 7.05 Å². The summed E-state index contributed by atoms with van der Waals surface area (Å²) in [6.45, 7) is 1.83. The molecule has 0 saturated heterocycles. The van der Waals surface area contributed by atoms with E-state index in [2.05, 4.69) is 20.5 Å². The van der Waals surface area contributed by atoms with Gasteiger partial charge in [-0.3, -0.25) is 9.78 Å². The van der Waals surface area contributed by atoms with E-state index < -0.39 is 0 Å². The maximum Gasteiger partial charge on any atom is 0.237 e. The summed E-state index contributed by atoms with van der Waals surface area (Å²) in [6, 6.07) is 11.0. The molecule has 2 heterocycles. The van der Waals surface area contributed by atoms with Crippen molar-refractivity contribution in [2.45, 2.75) is 17.3 Å². The van der Waals surface area contributed by atoms with Gasteiger partial charge in [0.15, 0.2) is 11.0 Å². The van der Waals surface area contributed by atoms with Crippen molar-refractivity contribution in [1.29, 1.82) is 0 Å². The van der Waals surface area contributed by atoms with Crippen molar-refractivity contribution < 1.29 is 9.53 Å². The minimum atomic E-state index is -0.354. The first-order valence-electron chi connectivity index (χ1n) is 8.00. The average molecular weight is 369 g/mol. The Morgan fingerprint density at radius 2 is 1.92 bits per heavy atom. The molecule has 0 saturated carbocycles. The second-order valence-electron chi connectivity index (χ2n) is 5.55. The first-order chi connectivity index (χ1) is 12.6. The molecule has 0 aliphatic heterocycles. The Kier molecular flexibility index (Phi) is 5.52. The Labute approximate surface area is 155 Å². The average Bonchev–Trinajstić information content (AvgIpc) is 3.03. The molecule has 134 valence electrons. The third-order valence-corrected chi connectivity index (χ3v) is 4.92. The second-order valence-corrected chi connectivity index (χ2v) is 6.86. The van der Waals surface area contributed by atoms with Crippen LogP contribution in [0.3, 0.4) is 0 Å². The van der Waals surface area contributed by atoms with Gasteiger partial charge >= 0.3 is 0 Å². The van der Waals surface area contributed by atoms with Crippen LogP contribution in [0.5, 0.6) is 5.75 Å². The fourth-order valence-corrected chi connectivity index (χ4v) is 3.18. The van der Waals surface area contributed by atoms with Gasteiger partial charge in [0.2, 0.25) is 5.91 Å². The van der Waals surface area contributed by atoms with Crippen molar-refractivity contribution >= 4 is 23.4 Å². The van der Waals surface area contributed by atoms with Gasteiger partial charge in [-0.25, -0.2) is 0 Å². The van der Waals surface area contributed by atoms with E-state index in [0.717, 1.165) is 11.4 Å². The van der Waals surface area contributed by atoms with E-state index in [-0.39, 0.29) is 11.2 Å². The number of hydrogen-bond acceptors (Lipinski definition) is 6. The maximum absolute atomic E-state index is 12.5. The van der Waals surface area contributed by atoms with Crippen molar-refractivity contribution in [3.63, 3.8) is 0 Å². The Bertz CT molecular complexity index is 898. The number of nitrogens with zero attached hydrogens (tertiary/aromatic N) is 4. The van der Waals surface area contributed by atoms with Gasteiger partial charge in [0, 0.05) is 25.0 Å². The lowest BCUT2D eigenvalue weighted by Crippen LogP contribution is -2.23. The quantitative estimate of drug-likeness (QED) is 0.673. The first-order valence-corrected chi connectivity index (χ1v) is 8.88. The number of aromatic nitrogens is 4. The van der Waals surface area contributed by atoms with Crippen LogP contribution in [-0.4, -0.2) is 38.0 Å². The van der Waals surface area contributed by atoms with Crippen LogP contribution in [0.1, 0.15) is 6.92 Å². The molecule has 0 fully saturated rings. The number of nitrogens with one attached hydrogen (secondary N) is 1. The minimum absolute atomic E-state index is 0.132. The number of para-hydroxylation sites is 2. The number of methoxy groups -OCH3 is 1. The molecule has 2 aromatic heterocycles. The van der Waals surface area contributed by atoms with Crippen LogP contribution in [0.4, 0.5) is 5.69 Å². The maximum atomic E-state index is 12.5. The van der Waals surface area contributed by atoms with Crippen LogP contribution >= 0.6 is 11.8 Å². The summed E-state index contributed by atoms with van der Waals surface area (Å²) in [5.74, 6) is 1.22. The fourth-order valence-electron chi connectivity index (χ4n) is 2.36. The van der Waals surface area contributed by atoms with Gasteiger partial charge < -0.3 is 14.6 Å². The molecule has 0 spiro atoms. The summed E-state index contributed by atoms with van der Waals surface area (Å²) in [7, 11) is 3.45. The molecule has 8 heteroatoms. The summed E-state index contributed by atoms with van der Waals surface area (Å²) < 4.78 is 7.13. The van der Waals surface area contributed by atoms with Crippen molar-refractivity contribution in [1.82, 2.24) is 19.7 Å². The number of thioether (sulfide) groups is 1. The molecule has 0 aliphatic rings. The van der Waals surface area contributed by atoms with E-state index in [1.165, 1.54) is 11.8 Å². The van der Waals surface area contributed by atoms with Crippen LogP contribution in [0.25, 0.3) is 11.4 Å². The number of amides is 1. The lowest BCUT2D eigenvalue weighted by atomic mass is 10.2. The topological polar surface area (TPSA) is 81.9 Å². The van der Waals surface area contributed by atoms with E-state index in [1.54, 1.807) is 31.6 Å². The van der Waals surface area contributed by atoms with E-state index in [4.69, 9.17) is 4.74 Å². The molecule has 26 heavy (non-hydrogen) atoms. The predicted molar refractivity (Wildman–Crippen MR) is 101 cm³/mol. The first kappa shape index (κ1) is 17.9. The lowest BCUT2D eigenvalue weighted by molar-refractivity contribution is -0.115. The van der Waals surface area contributed by atoms with Crippen molar-refractivity contribution in [3.05, 3.63) is 48.8 Å². The summed E-state index contributed by atoms with van der Waals surface area (Å²) in [5, 5.41) is 11.6. The second kappa shape index (κ2) is 8.01. The van der Waals surface area contributed by atoms with Gasteiger partial charge in [0.1, 0.15) is 5.75 Å². The number of pyridine rings is 1. The summed E-state index contributed by atoms with van der Waals surface area (Å²) in [6.07, 6.45) is 3.42. The number of carbonyl (C=O) groups excluding carboxylic acids is 1. The highest BCUT2D eigenvalue weighted by molar-refractivity contribution is 8.00. The summed E-state index contributed by atoms with van der Waals surface area (Å²) in [4.78, 5) is 16.5. The minimum Gasteiger partial charge on any atom is -0.495 e. The molecule has 3 aromatic rings. The summed E-state index contributed by atoms with van der Waals surface area (Å²) in [5.41, 5.74) is 1.57. The smallest absolute Gasteiger partial charge is 0.237 e. The number of rotatable bonds is 6. The molecule has 1 unspecified atom stereocenters. The number of benzene rings is 1. The van der Waals surface area contributed by atoms with E-state index in [0.29, 0.717) is 16.6 Å². The van der Waals surface area contributed by atoms with Crippen LogP contribution in [0.15, 0.2) is 53.9 Å². The molecule has 0 aliphatic carbocycles. The van der Waals surface area contributed by atoms with E-state index in [9.17, 15) is 4.79 Å². The van der Waals surface area contributed by atoms with Crippen LogP contribution in [0.2, 0.25) is 0 Å². The van der Waals surface area contributed by atoms with Gasteiger partial charge in [0.25, 0.3) is 0 Å². The van der Waals surface area contributed by atoms with Gasteiger partial charge in [-0.15, -0.1) is 10.2 Å². The van der Waals surface area contributed by atoms with Crippen LogP contribution in [0, 0.1) is 0 Å². The van der Waals surface area contributed by atoms with Gasteiger partial charge in [-0.2, -0.15) is 0 Å². The Morgan fingerprint density at radius 3 is 2.65 bits per heavy atom. The zero-order valence-corrected chi connectivity index (χ0v) is 15.5. The highest BCUT2D eigenvalue weighted by Crippen LogP contribution is 2.28. The lowest BCUT2D eigenvalue weighted by Gasteiger charge is -2.13. The van der Waals surface area contributed by atoms with Gasteiger partial charge in [-0.1, -0.05) is 23.9 Å². The zero-order chi connectivity index (χ0) is 18.5. The monoisotopic (exact) mass is 369 g/mol. The van der Waals surface area contributed by atoms with Gasteiger partial charge in [-0.05, 0) is 31.2 Å². The predicted octanol–water partition coefficient (Wildman–Crippen LogP) is 3.01. The van der Waals surface area contributed by atoms with E-state index in [1.807, 2.05) is 42.8 Å². The highest BCUT2D eigenvalue weighted by Gasteiger charge is 2.20. The molecule has 1 aromatic carbocycles. The van der Waals surface area contributed by atoms with Gasteiger partial charge in [0.05, 0.1) is 18.0 Å². The third kappa shape index (κ3) is 3.85.